The van der Waals surface area contributed by atoms with E-state index in [4.69, 9.17) is 5.11 Å². The number of benzene rings is 1. The number of hydrogen-bond donors (Lipinski definition) is 2. The van der Waals surface area contributed by atoms with Gasteiger partial charge in [-0.3, -0.25) is 4.79 Å². The minimum absolute atomic E-state index is 0.00223. The number of halogens is 1. The van der Waals surface area contributed by atoms with Crippen LogP contribution in [0.4, 0.5) is 4.39 Å². The maximum atomic E-state index is 13.2. The minimum Gasteiger partial charge on any atom is -0.480 e. The van der Waals surface area contributed by atoms with Crippen LogP contribution in [0.25, 0.3) is 0 Å². The Labute approximate surface area is 98.3 Å². The fraction of sp³-hybridized carbons (Fsp3) is 0.300. The molecule has 0 aliphatic carbocycles. The minimum atomic E-state index is -3.87. The summed E-state index contributed by atoms with van der Waals surface area (Å²) in [5.41, 5.74) is -0.00223. The monoisotopic (exact) mass is 261 g/mol. The third-order valence-electron chi connectivity index (χ3n) is 2.03. The smallest absolute Gasteiger partial charge is 0.321 e. The summed E-state index contributed by atoms with van der Waals surface area (Å²) in [6.07, 6.45) is 0. The molecule has 17 heavy (non-hydrogen) atoms. The molecule has 0 heterocycles. The lowest BCUT2D eigenvalue weighted by Gasteiger charge is -2.10. The van der Waals surface area contributed by atoms with Crippen LogP contribution in [0.2, 0.25) is 0 Å². The summed E-state index contributed by atoms with van der Waals surface area (Å²) in [6, 6.07) is 4.19. The highest BCUT2D eigenvalue weighted by Crippen LogP contribution is 2.10. The summed E-state index contributed by atoms with van der Waals surface area (Å²) in [4.78, 5) is 10.5. The molecule has 1 atom stereocenters. The molecule has 0 bridgehead atoms. The van der Waals surface area contributed by atoms with Gasteiger partial charge in [0.1, 0.15) is 11.9 Å². The maximum Gasteiger partial charge on any atom is 0.321 e. The van der Waals surface area contributed by atoms with Crippen LogP contribution in [-0.2, 0) is 20.6 Å². The van der Waals surface area contributed by atoms with Crippen molar-refractivity contribution in [3.63, 3.8) is 0 Å². The van der Waals surface area contributed by atoms with Crippen LogP contribution in [0.1, 0.15) is 12.5 Å². The number of carbonyl (C=O) groups is 1. The standard InChI is InChI=1S/C10H12FNO4S/c1-7(10(13)14)12-17(15,16)6-8-4-2-3-5-9(8)11/h2-5,7,12H,6H2,1H3,(H,13,14). The molecule has 0 fully saturated rings. The van der Waals surface area contributed by atoms with E-state index in [1.165, 1.54) is 25.1 Å². The van der Waals surface area contributed by atoms with Crippen molar-refractivity contribution < 1.29 is 22.7 Å². The van der Waals surface area contributed by atoms with Gasteiger partial charge >= 0.3 is 5.97 Å². The molecule has 0 saturated heterocycles. The van der Waals surface area contributed by atoms with Crippen LogP contribution in [-0.4, -0.2) is 25.5 Å². The number of sulfonamides is 1. The third kappa shape index (κ3) is 4.12. The quantitative estimate of drug-likeness (QED) is 0.818. The Morgan fingerprint density at radius 2 is 2.06 bits per heavy atom. The Kier molecular flexibility index (Phi) is 4.19. The van der Waals surface area contributed by atoms with Crippen LogP contribution in [0.15, 0.2) is 24.3 Å². The van der Waals surface area contributed by atoms with Crippen molar-refractivity contribution in [2.75, 3.05) is 0 Å². The lowest BCUT2D eigenvalue weighted by atomic mass is 10.2. The van der Waals surface area contributed by atoms with Crippen molar-refractivity contribution in [3.8, 4) is 0 Å². The van der Waals surface area contributed by atoms with Crippen LogP contribution in [0, 0.1) is 5.82 Å². The van der Waals surface area contributed by atoms with Gasteiger partial charge in [-0.2, -0.15) is 0 Å². The molecule has 0 amide bonds. The molecule has 0 aliphatic heterocycles. The van der Waals surface area contributed by atoms with Gasteiger partial charge in [0.2, 0.25) is 10.0 Å². The average Bonchev–Trinajstić information content (AvgIpc) is 2.20. The van der Waals surface area contributed by atoms with Gasteiger partial charge in [0.15, 0.2) is 0 Å². The van der Waals surface area contributed by atoms with Crippen LogP contribution in [0.5, 0.6) is 0 Å². The topological polar surface area (TPSA) is 83.5 Å². The van der Waals surface area contributed by atoms with E-state index in [-0.39, 0.29) is 5.56 Å². The lowest BCUT2D eigenvalue weighted by Crippen LogP contribution is -2.39. The zero-order valence-electron chi connectivity index (χ0n) is 9.05. The SMILES string of the molecule is CC(NS(=O)(=O)Cc1ccccc1F)C(=O)O. The van der Waals surface area contributed by atoms with E-state index in [0.29, 0.717) is 0 Å². The summed E-state index contributed by atoms with van der Waals surface area (Å²) in [6.45, 7) is 1.20. The van der Waals surface area contributed by atoms with Crippen molar-refractivity contribution in [1.82, 2.24) is 4.72 Å². The second kappa shape index (κ2) is 5.24. The van der Waals surface area contributed by atoms with Crippen molar-refractivity contribution in [3.05, 3.63) is 35.6 Å². The molecule has 94 valence electrons. The molecule has 5 nitrogen and oxygen atoms in total. The molecule has 0 aliphatic rings. The molecule has 7 heteroatoms. The molecule has 2 N–H and O–H groups in total. The fourth-order valence-electron chi connectivity index (χ4n) is 1.18. The van der Waals surface area contributed by atoms with E-state index < -0.39 is 33.6 Å². The summed E-state index contributed by atoms with van der Waals surface area (Å²) < 4.78 is 38.2. The third-order valence-corrected chi connectivity index (χ3v) is 3.43. The van der Waals surface area contributed by atoms with E-state index in [1.807, 2.05) is 4.72 Å². The molecule has 1 aromatic carbocycles. The van der Waals surface area contributed by atoms with Gasteiger partial charge in [0.05, 0.1) is 5.75 Å². The molecule has 0 spiro atoms. The van der Waals surface area contributed by atoms with E-state index in [2.05, 4.69) is 0 Å². The molecule has 0 radical (unpaired) electrons. The number of hydrogen-bond acceptors (Lipinski definition) is 3. The number of carboxylic acid groups (broad SMARTS) is 1. The normalized spacial score (nSPS) is 13.3. The first-order valence-corrected chi connectivity index (χ1v) is 6.43. The molecular formula is C10H12FNO4S. The predicted octanol–water partition coefficient (Wildman–Crippen LogP) is 0.718. The molecule has 1 aromatic rings. The Bertz CT molecular complexity index is 515. The van der Waals surface area contributed by atoms with Crippen LogP contribution < -0.4 is 4.72 Å². The van der Waals surface area contributed by atoms with Gasteiger partial charge in [-0.1, -0.05) is 18.2 Å². The Morgan fingerprint density at radius 3 is 2.59 bits per heavy atom. The summed E-state index contributed by atoms with van der Waals surface area (Å²) >= 11 is 0. The first kappa shape index (κ1) is 13.6. The lowest BCUT2D eigenvalue weighted by molar-refractivity contribution is -0.138. The van der Waals surface area contributed by atoms with Gasteiger partial charge in [-0.15, -0.1) is 0 Å². The van der Waals surface area contributed by atoms with Crippen LogP contribution in [0.3, 0.4) is 0 Å². The van der Waals surface area contributed by atoms with Gasteiger partial charge < -0.3 is 5.11 Å². The Morgan fingerprint density at radius 1 is 1.47 bits per heavy atom. The van der Waals surface area contributed by atoms with Crippen LogP contribution >= 0.6 is 0 Å². The van der Waals surface area contributed by atoms with Gasteiger partial charge in [0, 0.05) is 5.56 Å². The summed E-state index contributed by atoms with van der Waals surface area (Å²) in [7, 11) is -3.87. The largest absolute Gasteiger partial charge is 0.480 e. The van der Waals surface area contributed by atoms with Gasteiger partial charge in [-0.25, -0.2) is 17.5 Å². The number of rotatable bonds is 5. The van der Waals surface area contributed by atoms with E-state index >= 15 is 0 Å². The fourth-order valence-corrected chi connectivity index (χ4v) is 2.55. The highest BCUT2D eigenvalue weighted by atomic mass is 32.2. The summed E-state index contributed by atoms with van der Waals surface area (Å²) in [5, 5.41) is 8.56. The molecule has 1 rings (SSSR count). The first-order chi connectivity index (χ1) is 7.82. The van der Waals surface area contributed by atoms with Gasteiger partial charge in [0.25, 0.3) is 0 Å². The maximum absolute atomic E-state index is 13.2. The van der Waals surface area contributed by atoms with E-state index in [9.17, 15) is 17.6 Å². The molecule has 0 saturated carbocycles. The number of nitrogens with one attached hydrogen (secondary N) is 1. The zero-order chi connectivity index (χ0) is 13.1. The Balaban J connectivity index is 2.81. The van der Waals surface area contributed by atoms with Crippen molar-refractivity contribution in [1.29, 1.82) is 0 Å². The summed E-state index contributed by atoms with van der Waals surface area (Å²) in [5.74, 6) is -2.51. The number of carboxylic acids is 1. The van der Waals surface area contributed by atoms with Crippen molar-refractivity contribution in [2.45, 2.75) is 18.7 Å². The zero-order valence-corrected chi connectivity index (χ0v) is 9.87. The highest BCUT2D eigenvalue weighted by Gasteiger charge is 2.20. The average molecular weight is 261 g/mol. The molecule has 0 aromatic heterocycles. The molecule has 1 unspecified atom stereocenters. The van der Waals surface area contributed by atoms with Gasteiger partial charge in [-0.05, 0) is 13.0 Å². The second-order valence-electron chi connectivity index (χ2n) is 3.53. The predicted molar refractivity (Wildman–Crippen MR) is 59.3 cm³/mol. The number of aliphatic carboxylic acids is 1. The van der Waals surface area contributed by atoms with Crippen molar-refractivity contribution >= 4 is 16.0 Å². The highest BCUT2D eigenvalue weighted by molar-refractivity contribution is 7.88. The van der Waals surface area contributed by atoms with E-state index in [0.717, 1.165) is 6.07 Å². The van der Waals surface area contributed by atoms with E-state index in [1.54, 1.807) is 0 Å². The first-order valence-electron chi connectivity index (χ1n) is 4.78. The van der Waals surface area contributed by atoms with Crippen molar-refractivity contribution in [2.24, 2.45) is 0 Å². The Hall–Kier alpha value is -1.47. The molecular weight excluding hydrogens is 249 g/mol. The second-order valence-corrected chi connectivity index (χ2v) is 5.28.